The summed E-state index contributed by atoms with van der Waals surface area (Å²) < 4.78 is 0. The van der Waals surface area contributed by atoms with E-state index < -0.39 is 0 Å². The molecular weight excluding hydrogens is 330 g/mol. The lowest BCUT2D eigenvalue weighted by atomic mass is 9.97. The van der Waals surface area contributed by atoms with Crippen molar-refractivity contribution in [2.75, 3.05) is 31.1 Å². The molecule has 1 aromatic heterocycles. The van der Waals surface area contributed by atoms with Crippen molar-refractivity contribution in [1.82, 2.24) is 9.88 Å². The second-order valence-electron chi connectivity index (χ2n) is 7.00. The summed E-state index contributed by atoms with van der Waals surface area (Å²) in [7, 11) is 0. The van der Waals surface area contributed by atoms with Crippen molar-refractivity contribution in [3.8, 4) is 0 Å². The van der Waals surface area contributed by atoms with Gasteiger partial charge < -0.3 is 9.80 Å². The molecule has 5 heteroatoms. The van der Waals surface area contributed by atoms with Crippen molar-refractivity contribution in [2.45, 2.75) is 33.6 Å². The van der Waals surface area contributed by atoms with Gasteiger partial charge in [0.2, 0.25) is 0 Å². The van der Waals surface area contributed by atoms with E-state index in [0.717, 1.165) is 55.3 Å². The maximum Gasteiger partial charge on any atom is 0.254 e. The van der Waals surface area contributed by atoms with Gasteiger partial charge in [-0.05, 0) is 30.4 Å². The molecule has 1 aliphatic heterocycles. The summed E-state index contributed by atoms with van der Waals surface area (Å²) in [5.74, 6) is 0.716. The molecule has 134 valence electrons. The first-order valence-corrected chi connectivity index (χ1v) is 9.97. The number of anilines is 1. The van der Waals surface area contributed by atoms with E-state index in [4.69, 9.17) is 0 Å². The van der Waals surface area contributed by atoms with Crippen LogP contribution in [0.1, 0.15) is 41.6 Å². The molecule has 0 bridgehead atoms. The van der Waals surface area contributed by atoms with Crippen molar-refractivity contribution < 1.29 is 4.79 Å². The van der Waals surface area contributed by atoms with Crippen LogP contribution in [0.15, 0.2) is 30.5 Å². The molecule has 0 N–H and O–H groups in total. The molecule has 0 spiro atoms. The normalized spacial score (nSPS) is 15.0. The van der Waals surface area contributed by atoms with Crippen LogP contribution in [0, 0.1) is 5.92 Å². The van der Waals surface area contributed by atoms with Gasteiger partial charge >= 0.3 is 0 Å². The van der Waals surface area contributed by atoms with Crippen LogP contribution in [0.3, 0.4) is 0 Å². The zero-order chi connectivity index (χ0) is 17.8. The predicted molar refractivity (Wildman–Crippen MR) is 105 cm³/mol. The van der Waals surface area contributed by atoms with Crippen LogP contribution >= 0.6 is 11.3 Å². The van der Waals surface area contributed by atoms with Crippen LogP contribution in [0.5, 0.6) is 0 Å². The second kappa shape index (κ2) is 8.00. The predicted octanol–water partition coefficient (Wildman–Crippen LogP) is 3.87. The van der Waals surface area contributed by atoms with Crippen molar-refractivity contribution in [2.24, 2.45) is 5.92 Å². The first-order chi connectivity index (χ1) is 12.1. The number of hydrogen-bond acceptors (Lipinski definition) is 4. The number of benzene rings is 1. The minimum atomic E-state index is 0.171. The summed E-state index contributed by atoms with van der Waals surface area (Å²) in [6.07, 6.45) is 3.95. The molecule has 0 saturated carbocycles. The van der Waals surface area contributed by atoms with E-state index in [2.05, 4.69) is 36.7 Å². The lowest BCUT2D eigenvalue weighted by Gasteiger charge is -2.35. The van der Waals surface area contributed by atoms with Gasteiger partial charge in [-0.1, -0.05) is 39.0 Å². The van der Waals surface area contributed by atoms with Crippen molar-refractivity contribution >= 4 is 22.4 Å². The lowest BCUT2D eigenvalue weighted by molar-refractivity contribution is 0.0745. The number of thiazole rings is 1. The van der Waals surface area contributed by atoms with Gasteiger partial charge in [-0.15, -0.1) is 11.3 Å². The Hall–Kier alpha value is -1.88. The average molecular weight is 358 g/mol. The largest absolute Gasteiger partial charge is 0.345 e. The van der Waals surface area contributed by atoms with Gasteiger partial charge in [0.25, 0.3) is 5.91 Å². The molecule has 4 nitrogen and oxygen atoms in total. The number of hydrogen-bond donors (Lipinski definition) is 0. The fourth-order valence-corrected chi connectivity index (χ4v) is 4.13. The Labute approximate surface area is 154 Å². The van der Waals surface area contributed by atoms with Crippen molar-refractivity contribution in [1.29, 1.82) is 0 Å². The number of aromatic nitrogens is 1. The SMILES string of the molecule is CCc1cnc(N2CCN(C(=O)c3ccccc3CC(C)C)CC2)s1. The molecule has 25 heavy (non-hydrogen) atoms. The zero-order valence-corrected chi connectivity index (χ0v) is 16.2. The molecule has 0 unspecified atom stereocenters. The van der Waals surface area contributed by atoms with E-state index in [1.165, 1.54) is 4.88 Å². The van der Waals surface area contributed by atoms with Gasteiger partial charge in [0.15, 0.2) is 5.13 Å². The smallest absolute Gasteiger partial charge is 0.254 e. The molecular formula is C20H27N3OS. The van der Waals surface area contributed by atoms with Gasteiger partial charge in [0.05, 0.1) is 0 Å². The highest BCUT2D eigenvalue weighted by molar-refractivity contribution is 7.15. The van der Waals surface area contributed by atoms with E-state index >= 15 is 0 Å². The van der Waals surface area contributed by atoms with Crippen LogP contribution in [0.25, 0.3) is 0 Å². The number of amides is 1. The van der Waals surface area contributed by atoms with Crippen LogP contribution in [0.4, 0.5) is 5.13 Å². The number of carbonyl (C=O) groups is 1. The number of piperazine rings is 1. The van der Waals surface area contributed by atoms with Gasteiger partial charge in [0.1, 0.15) is 0 Å². The molecule has 3 rings (SSSR count). The van der Waals surface area contributed by atoms with Gasteiger partial charge in [-0.2, -0.15) is 0 Å². The molecule has 0 radical (unpaired) electrons. The topological polar surface area (TPSA) is 36.4 Å². The monoisotopic (exact) mass is 357 g/mol. The highest BCUT2D eigenvalue weighted by atomic mass is 32.1. The Morgan fingerprint density at radius 1 is 1.20 bits per heavy atom. The lowest BCUT2D eigenvalue weighted by Crippen LogP contribution is -2.49. The van der Waals surface area contributed by atoms with E-state index in [0.29, 0.717) is 5.92 Å². The minimum absolute atomic E-state index is 0.171. The summed E-state index contributed by atoms with van der Waals surface area (Å²) in [6, 6.07) is 8.06. The van der Waals surface area contributed by atoms with Crippen LogP contribution in [-0.4, -0.2) is 42.0 Å². The molecule has 2 heterocycles. The summed E-state index contributed by atoms with van der Waals surface area (Å²) >= 11 is 1.77. The first-order valence-electron chi connectivity index (χ1n) is 9.15. The molecule has 1 aliphatic rings. The van der Waals surface area contributed by atoms with Crippen LogP contribution in [0.2, 0.25) is 0 Å². The Morgan fingerprint density at radius 2 is 1.92 bits per heavy atom. The van der Waals surface area contributed by atoms with Crippen molar-refractivity contribution in [3.63, 3.8) is 0 Å². The highest BCUT2D eigenvalue weighted by Gasteiger charge is 2.25. The molecule has 1 saturated heterocycles. The second-order valence-corrected chi connectivity index (χ2v) is 8.09. The summed E-state index contributed by atoms with van der Waals surface area (Å²) in [6.45, 7) is 9.77. The minimum Gasteiger partial charge on any atom is -0.345 e. The maximum absolute atomic E-state index is 13.0. The van der Waals surface area contributed by atoms with Crippen molar-refractivity contribution in [3.05, 3.63) is 46.5 Å². The van der Waals surface area contributed by atoms with Gasteiger partial charge in [-0.25, -0.2) is 4.98 Å². The van der Waals surface area contributed by atoms with E-state index in [-0.39, 0.29) is 5.91 Å². The average Bonchev–Trinajstić information content (AvgIpc) is 3.10. The number of carbonyl (C=O) groups excluding carboxylic acids is 1. The maximum atomic E-state index is 13.0. The Balaban J connectivity index is 1.66. The number of aryl methyl sites for hydroxylation is 1. The Bertz CT molecular complexity index is 717. The fraction of sp³-hybridized carbons (Fsp3) is 0.500. The van der Waals surface area contributed by atoms with E-state index in [9.17, 15) is 4.79 Å². The standard InChI is InChI=1S/C20H27N3OS/c1-4-17-14-21-20(25-17)23-11-9-22(10-12-23)19(24)18-8-6-5-7-16(18)13-15(2)3/h5-8,14-15H,4,9-13H2,1-3H3. The third-order valence-electron chi connectivity index (χ3n) is 4.60. The highest BCUT2D eigenvalue weighted by Crippen LogP contribution is 2.24. The molecule has 1 aromatic carbocycles. The molecule has 0 aliphatic carbocycles. The third kappa shape index (κ3) is 4.21. The molecule has 0 atom stereocenters. The summed E-state index contributed by atoms with van der Waals surface area (Å²) in [5.41, 5.74) is 2.03. The first kappa shape index (κ1) is 17.9. The Kier molecular flexibility index (Phi) is 5.74. The van der Waals surface area contributed by atoms with E-state index in [1.807, 2.05) is 29.3 Å². The van der Waals surface area contributed by atoms with Gasteiger partial charge in [-0.3, -0.25) is 4.79 Å². The summed E-state index contributed by atoms with van der Waals surface area (Å²) in [5, 5.41) is 1.09. The fourth-order valence-electron chi connectivity index (χ4n) is 3.22. The molecule has 1 fully saturated rings. The molecule has 2 aromatic rings. The number of rotatable bonds is 5. The van der Waals surface area contributed by atoms with Crippen LogP contribution < -0.4 is 4.90 Å². The Morgan fingerprint density at radius 3 is 2.56 bits per heavy atom. The van der Waals surface area contributed by atoms with Crippen LogP contribution in [-0.2, 0) is 12.8 Å². The number of nitrogens with zero attached hydrogens (tertiary/aromatic N) is 3. The zero-order valence-electron chi connectivity index (χ0n) is 15.4. The van der Waals surface area contributed by atoms with E-state index in [1.54, 1.807) is 11.3 Å². The molecule has 1 amide bonds. The quantitative estimate of drug-likeness (QED) is 0.815. The third-order valence-corrected chi connectivity index (χ3v) is 5.81. The summed E-state index contributed by atoms with van der Waals surface area (Å²) in [4.78, 5) is 23.1. The van der Waals surface area contributed by atoms with Gasteiger partial charge in [0, 0.05) is 42.8 Å².